The predicted molar refractivity (Wildman–Crippen MR) is 69.3 cm³/mol. The molecule has 1 fully saturated rings. The van der Waals surface area contributed by atoms with Crippen LogP contribution in [0, 0.1) is 5.92 Å². The smallest absolute Gasteiger partial charge is 0.314 e. The van der Waals surface area contributed by atoms with Gasteiger partial charge >= 0.3 is 6.03 Å². The van der Waals surface area contributed by atoms with E-state index < -0.39 is 0 Å². The van der Waals surface area contributed by atoms with E-state index in [0.29, 0.717) is 6.54 Å². The monoisotopic (exact) mass is 253 g/mol. The lowest BCUT2D eigenvalue weighted by molar-refractivity contribution is 0.240. The Bertz CT molecular complexity index is 349. The van der Waals surface area contributed by atoms with E-state index in [-0.39, 0.29) is 11.9 Å². The average Bonchev–Trinajstić information content (AvgIpc) is 2.97. The number of nitrogens with one attached hydrogen (secondary N) is 2. The Morgan fingerprint density at radius 3 is 3.06 bits per heavy atom. The molecular formula is C12H19N3OS. The summed E-state index contributed by atoms with van der Waals surface area (Å²) in [5, 5.41) is 8.80. The fourth-order valence-electron chi connectivity index (χ4n) is 1.67. The van der Waals surface area contributed by atoms with Crippen molar-refractivity contribution < 1.29 is 4.79 Å². The molecule has 0 spiro atoms. The van der Waals surface area contributed by atoms with Crippen LogP contribution in [0.3, 0.4) is 0 Å². The van der Waals surface area contributed by atoms with Crippen molar-refractivity contribution in [3.05, 3.63) is 16.6 Å². The lowest BCUT2D eigenvalue weighted by atomic mass is 10.2. The topological polar surface area (TPSA) is 54.0 Å². The molecule has 1 aliphatic carbocycles. The largest absolute Gasteiger partial charge is 0.338 e. The first-order valence-electron chi connectivity index (χ1n) is 6.17. The number of hydrogen-bond acceptors (Lipinski definition) is 3. The summed E-state index contributed by atoms with van der Waals surface area (Å²) in [5.74, 6) is 1.15. The van der Waals surface area contributed by atoms with E-state index in [1.165, 1.54) is 12.8 Å². The van der Waals surface area contributed by atoms with Crippen molar-refractivity contribution in [3.8, 4) is 0 Å². The summed E-state index contributed by atoms with van der Waals surface area (Å²) in [7, 11) is 0. The number of urea groups is 1. The van der Waals surface area contributed by atoms with Gasteiger partial charge in [-0.05, 0) is 12.3 Å². The van der Waals surface area contributed by atoms with E-state index in [1.54, 1.807) is 17.5 Å². The predicted octanol–water partition coefficient (Wildman–Crippen LogP) is 2.35. The molecular weight excluding hydrogens is 234 g/mol. The normalized spacial score (nSPS) is 16.5. The minimum atomic E-state index is -0.0611. The molecule has 0 saturated heterocycles. The maximum atomic E-state index is 11.5. The van der Waals surface area contributed by atoms with E-state index in [4.69, 9.17) is 0 Å². The third-order valence-corrected chi connectivity index (χ3v) is 3.98. The lowest BCUT2D eigenvalue weighted by Crippen LogP contribution is -2.37. The number of carbonyl (C=O) groups is 1. The zero-order chi connectivity index (χ0) is 12.1. The minimum absolute atomic E-state index is 0.0611. The van der Waals surface area contributed by atoms with Crippen molar-refractivity contribution in [2.75, 3.05) is 13.1 Å². The average molecular weight is 253 g/mol. The summed E-state index contributed by atoms with van der Waals surface area (Å²) < 4.78 is 0. The number of amides is 2. The van der Waals surface area contributed by atoms with Crippen molar-refractivity contribution >= 4 is 17.4 Å². The van der Waals surface area contributed by atoms with Gasteiger partial charge in [-0.1, -0.05) is 19.8 Å². The van der Waals surface area contributed by atoms with Gasteiger partial charge < -0.3 is 10.6 Å². The number of carbonyl (C=O) groups excluding carboxylic acids is 1. The molecule has 0 unspecified atom stereocenters. The molecule has 0 aromatic carbocycles. The molecule has 4 nitrogen and oxygen atoms in total. The van der Waals surface area contributed by atoms with Crippen molar-refractivity contribution in [2.45, 2.75) is 32.1 Å². The Balaban J connectivity index is 1.58. The molecule has 5 heteroatoms. The number of hydrogen-bond donors (Lipinski definition) is 2. The molecule has 2 N–H and O–H groups in total. The second kappa shape index (κ2) is 6.00. The van der Waals surface area contributed by atoms with E-state index in [0.717, 1.165) is 23.9 Å². The highest BCUT2D eigenvalue weighted by Crippen LogP contribution is 2.31. The lowest BCUT2D eigenvalue weighted by Gasteiger charge is -2.11. The SMILES string of the molecule is C[C@H](CNC(=O)NCCC1CC1)c1nccs1. The Kier molecular flexibility index (Phi) is 4.36. The number of rotatable bonds is 6. The summed E-state index contributed by atoms with van der Waals surface area (Å²) in [5.41, 5.74) is 0. The summed E-state index contributed by atoms with van der Waals surface area (Å²) in [6.45, 7) is 3.51. The Hall–Kier alpha value is -1.10. The van der Waals surface area contributed by atoms with Crippen molar-refractivity contribution in [1.29, 1.82) is 0 Å². The van der Waals surface area contributed by atoms with E-state index in [2.05, 4.69) is 22.5 Å². The highest BCUT2D eigenvalue weighted by atomic mass is 32.1. The summed E-state index contributed by atoms with van der Waals surface area (Å²) in [6.07, 6.45) is 5.59. The van der Waals surface area contributed by atoms with Crippen molar-refractivity contribution in [2.24, 2.45) is 5.92 Å². The third-order valence-electron chi connectivity index (χ3n) is 2.98. The molecule has 1 atom stereocenters. The first-order valence-corrected chi connectivity index (χ1v) is 7.04. The second-order valence-corrected chi connectivity index (χ2v) is 5.57. The first-order chi connectivity index (χ1) is 8.25. The van der Waals surface area contributed by atoms with Gasteiger partial charge in [0.15, 0.2) is 0 Å². The molecule has 1 saturated carbocycles. The molecule has 1 aromatic rings. The molecule has 0 bridgehead atoms. The minimum Gasteiger partial charge on any atom is -0.338 e. The Morgan fingerprint density at radius 2 is 2.41 bits per heavy atom. The molecule has 2 rings (SSSR count). The van der Waals surface area contributed by atoms with Crippen LogP contribution in [0.1, 0.15) is 37.1 Å². The Labute approximate surface area is 106 Å². The van der Waals surface area contributed by atoms with Crippen molar-refractivity contribution in [3.63, 3.8) is 0 Å². The van der Waals surface area contributed by atoms with Crippen LogP contribution in [0.4, 0.5) is 4.79 Å². The summed E-state index contributed by atoms with van der Waals surface area (Å²) in [4.78, 5) is 15.7. The van der Waals surface area contributed by atoms with Crippen LogP contribution >= 0.6 is 11.3 Å². The quantitative estimate of drug-likeness (QED) is 0.817. The van der Waals surface area contributed by atoms with Gasteiger partial charge in [-0.2, -0.15) is 0 Å². The van der Waals surface area contributed by atoms with Crippen molar-refractivity contribution in [1.82, 2.24) is 15.6 Å². The molecule has 2 amide bonds. The first kappa shape index (κ1) is 12.4. The maximum Gasteiger partial charge on any atom is 0.314 e. The maximum absolute atomic E-state index is 11.5. The van der Waals surface area contributed by atoms with Gasteiger partial charge in [0.1, 0.15) is 0 Å². The zero-order valence-electron chi connectivity index (χ0n) is 10.1. The number of nitrogens with zero attached hydrogens (tertiary/aromatic N) is 1. The van der Waals surface area contributed by atoms with Gasteiger partial charge in [0.2, 0.25) is 0 Å². The summed E-state index contributed by atoms with van der Waals surface area (Å²) in [6, 6.07) is -0.0611. The standard InChI is InChI=1S/C12H19N3OS/c1-9(11-13-6-7-17-11)8-15-12(16)14-5-4-10-2-3-10/h6-7,9-10H,2-5,8H2,1H3,(H2,14,15,16)/t9-/m1/s1. The van der Waals surface area contributed by atoms with Gasteiger partial charge in [-0.3, -0.25) is 0 Å². The number of thiazole rings is 1. The van der Waals surface area contributed by atoms with Gasteiger partial charge in [0, 0.05) is 30.6 Å². The van der Waals surface area contributed by atoms with Gasteiger partial charge in [-0.25, -0.2) is 9.78 Å². The molecule has 1 heterocycles. The molecule has 0 radical (unpaired) electrons. The van der Waals surface area contributed by atoms with Crippen LogP contribution in [0.2, 0.25) is 0 Å². The number of aromatic nitrogens is 1. The molecule has 0 aliphatic heterocycles. The van der Waals surface area contributed by atoms with Crippen LogP contribution in [0.5, 0.6) is 0 Å². The fourth-order valence-corrected chi connectivity index (χ4v) is 2.37. The van der Waals surface area contributed by atoms with Gasteiger partial charge in [0.05, 0.1) is 5.01 Å². The highest BCUT2D eigenvalue weighted by Gasteiger charge is 2.20. The van der Waals surface area contributed by atoms with Crippen LogP contribution < -0.4 is 10.6 Å². The fraction of sp³-hybridized carbons (Fsp3) is 0.667. The third kappa shape index (κ3) is 4.34. The van der Waals surface area contributed by atoms with E-state index in [9.17, 15) is 4.79 Å². The van der Waals surface area contributed by atoms with Gasteiger partial charge in [-0.15, -0.1) is 11.3 Å². The Morgan fingerprint density at radius 1 is 1.59 bits per heavy atom. The zero-order valence-corrected chi connectivity index (χ0v) is 10.9. The highest BCUT2D eigenvalue weighted by molar-refractivity contribution is 7.09. The van der Waals surface area contributed by atoms with E-state index in [1.807, 2.05) is 5.38 Å². The van der Waals surface area contributed by atoms with Crippen LogP contribution in [-0.4, -0.2) is 24.1 Å². The molecule has 1 aliphatic rings. The molecule has 17 heavy (non-hydrogen) atoms. The van der Waals surface area contributed by atoms with Crippen LogP contribution in [0.15, 0.2) is 11.6 Å². The second-order valence-electron chi connectivity index (χ2n) is 4.64. The molecule has 94 valence electrons. The van der Waals surface area contributed by atoms with Crippen LogP contribution in [0.25, 0.3) is 0 Å². The van der Waals surface area contributed by atoms with E-state index >= 15 is 0 Å². The van der Waals surface area contributed by atoms with Crippen LogP contribution in [-0.2, 0) is 0 Å². The molecule has 1 aromatic heterocycles. The van der Waals surface area contributed by atoms with Gasteiger partial charge in [0.25, 0.3) is 0 Å². The summed E-state index contributed by atoms with van der Waals surface area (Å²) >= 11 is 1.63.